The second-order valence-electron chi connectivity index (χ2n) is 6.24. The predicted molar refractivity (Wildman–Crippen MR) is 123 cm³/mol. The van der Waals surface area contributed by atoms with Crippen molar-refractivity contribution in [3.05, 3.63) is 83.9 Å². The van der Waals surface area contributed by atoms with E-state index in [1.165, 1.54) is 23.5 Å². The fraction of sp³-hybridized carbons (Fsp3) is 0.217. The minimum atomic E-state index is -0.671. The first-order valence-corrected chi connectivity index (χ1v) is 11.0. The van der Waals surface area contributed by atoms with Crippen LogP contribution in [0.15, 0.2) is 61.7 Å². The maximum Gasteiger partial charge on any atom is 0.200 e. The van der Waals surface area contributed by atoms with Gasteiger partial charge in [0.05, 0.1) is 5.92 Å². The zero-order valence-corrected chi connectivity index (χ0v) is 17.4. The van der Waals surface area contributed by atoms with E-state index in [2.05, 4.69) is 13.2 Å². The van der Waals surface area contributed by atoms with Gasteiger partial charge in [-0.2, -0.15) is 0 Å². The van der Waals surface area contributed by atoms with Crippen molar-refractivity contribution >= 4 is 45.9 Å². The lowest BCUT2D eigenvalue weighted by molar-refractivity contribution is -0.123. The van der Waals surface area contributed by atoms with E-state index in [0.717, 1.165) is 22.3 Å². The third-order valence-corrected chi connectivity index (χ3v) is 6.28. The summed E-state index contributed by atoms with van der Waals surface area (Å²) in [5.74, 6) is 0.397. The van der Waals surface area contributed by atoms with Gasteiger partial charge in [-0.15, -0.1) is 0 Å². The number of hydrogen-bond donors (Lipinski definition) is 1. The van der Waals surface area contributed by atoms with Gasteiger partial charge in [0.25, 0.3) is 0 Å². The van der Waals surface area contributed by atoms with Gasteiger partial charge in [0.2, 0.25) is 10.2 Å². The minimum absolute atomic E-state index is 0.115. The molecule has 0 fully saturated rings. The summed E-state index contributed by atoms with van der Waals surface area (Å²) in [5.41, 5.74) is 9.76. The first-order valence-electron chi connectivity index (χ1n) is 9.03. The SMILES string of the molecule is C=Cc1ccc(CSC(=O)C(CCN)C(=O)SCc2cccc(C=C)c2)cc1. The highest BCUT2D eigenvalue weighted by atomic mass is 32.2. The lowest BCUT2D eigenvalue weighted by Crippen LogP contribution is -2.23. The van der Waals surface area contributed by atoms with Crippen molar-refractivity contribution in [1.82, 2.24) is 0 Å². The Balaban J connectivity index is 1.93. The molecule has 0 heterocycles. The summed E-state index contributed by atoms with van der Waals surface area (Å²) in [7, 11) is 0. The van der Waals surface area contributed by atoms with Crippen LogP contribution in [0.4, 0.5) is 0 Å². The Bertz CT molecular complexity index is 831. The summed E-state index contributed by atoms with van der Waals surface area (Å²) in [6, 6.07) is 15.7. The number of benzene rings is 2. The molecule has 5 heteroatoms. The third kappa shape index (κ3) is 6.82. The van der Waals surface area contributed by atoms with Crippen LogP contribution in [-0.2, 0) is 21.1 Å². The molecule has 28 heavy (non-hydrogen) atoms. The molecule has 1 atom stereocenters. The highest BCUT2D eigenvalue weighted by Gasteiger charge is 2.26. The van der Waals surface area contributed by atoms with Gasteiger partial charge in [-0.25, -0.2) is 0 Å². The van der Waals surface area contributed by atoms with E-state index in [4.69, 9.17) is 5.73 Å². The zero-order valence-electron chi connectivity index (χ0n) is 15.8. The molecule has 3 nitrogen and oxygen atoms in total. The highest BCUT2D eigenvalue weighted by molar-refractivity contribution is 8.15. The van der Waals surface area contributed by atoms with Crippen LogP contribution < -0.4 is 5.73 Å². The maximum atomic E-state index is 12.6. The lowest BCUT2D eigenvalue weighted by atomic mass is 10.1. The van der Waals surface area contributed by atoms with E-state index in [1.807, 2.05) is 48.5 Å². The summed E-state index contributed by atoms with van der Waals surface area (Å²) in [6.45, 7) is 7.80. The smallest absolute Gasteiger partial charge is 0.200 e. The summed E-state index contributed by atoms with van der Waals surface area (Å²) < 4.78 is 0. The molecular weight excluding hydrogens is 386 g/mol. The molecule has 0 spiro atoms. The predicted octanol–water partition coefficient (Wildman–Crippen LogP) is 5.16. The molecule has 0 saturated carbocycles. The first-order chi connectivity index (χ1) is 13.6. The summed E-state index contributed by atoms with van der Waals surface area (Å²) >= 11 is 2.36. The number of carbonyl (C=O) groups excluding carboxylic acids is 2. The molecule has 2 rings (SSSR count). The van der Waals surface area contributed by atoms with E-state index in [0.29, 0.717) is 24.5 Å². The van der Waals surface area contributed by atoms with Crippen molar-refractivity contribution in [2.75, 3.05) is 6.54 Å². The second kappa shape index (κ2) is 11.7. The molecule has 0 amide bonds. The molecule has 0 saturated heterocycles. The summed E-state index contributed by atoms with van der Waals surface area (Å²) in [4.78, 5) is 25.3. The molecule has 0 aliphatic rings. The molecule has 0 aliphatic carbocycles. The van der Waals surface area contributed by atoms with Gasteiger partial charge < -0.3 is 5.73 Å². The lowest BCUT2D eigenvalue weighted by Gasteiger charge is -2.13. The molecule has 1 unspecified atom stereocenters. The van der Waals surface area contributed by atoms with E-state index in [-0.39, 0.29) is 10.2 Å². The van der Waals surface area contributed by atoms with E-state index in [9.17, 15) is 9.59 Å². The van der Waals surface area contributed by atoms with Crippen molar-refractivity contribution in [3.63, 3.8) is 0 Å². The van der Waals surface area contributed by atoms with Crippen LogP contribution in [0.2, 0.25) is 0 Å². The van der Waals surface area contributed by atoms with Gasteiger partial charge in [-0.05, 0) is 35.2 Å². The summed E-state index contributed by atoms with van der Waals surface area (Å²) in [5, 5.41) is -0.232. The van der Waals surface area contributed by atoms with Crippen LogP contribution in [0, 0.1) is 5.92 Å². The average molecular weight is 412 g/mol. The van der Waals surface area contributed by atoms with Crippen LogP contribution in [0.3, 0.4) is 0 Å². The Kier molecular flexibility index (Phi) is 9.28. The zero-order chi connectivity index (χ0) is 20.4. The largest absolute Gasteiger partial charge is 0.330 e. The average Bonchev–Trinajstić information content (AvgIpc) is 2.74. The van der Waals surface area contributed by atoms with E-state index < -0.39 is 5.92 Å². The Morgan fingerprint density at radius 1 is 0.893 bits per heavy atom. The van der Waals surface area contributed by atoms with Crippen molar-refractivity contribution < 1.29 is 9.59 Å². The fourth-order valence-electron chi connectivity index (χ4n) is 2.57. The van der Waals surface area contributed by atoms with Crippen LogP contribution in [0.5, 0.6) is 0 Å². The highest BCUT2D eigenvalue weighted by Crippen LogP contribution is 2.26. The van der Waals surface area contributed by atoms with Gasteiger partial charge in [0.1, 0.15) is 0 Å². The molecule has 0 radical (unpaired) electrons. The molecule has 0 bridgehead atoms. The molecular formula is C23H25NO2S2. The number of thioether (sulfide) groups is 2. The Morgan fingerprint density at radius 3 is 2.07 bits per heavy atom. The Labute approximate surface area is 175 Å². The second-order valence-corrected chi connectivity index (χ2v) is 8.20. The fourth-order valence-corrected chi connectivity index (χ4v) is 4.49. The van der Waals surface area contributed by atoms with E-state index in [1.54, 1.807) is 12.2 Å². The van der Waals surface area contributed by atoms with Gasteiger partial charge in [0, 0.05) is 11.5 Å². The molecule has 0 aliphatic heterocycles. The molecule has 2 aromatic carbocycles. The monoisotopic (exact) mass is 411 g/mol. The molecule has 2 N–H and O–H groups in total. The van der Waals surface area contributed by atoms with Crippen molar-refractivity contribution in [2.45, 2.75) is 17.9 Å². The quantitative estimate of drug-likeness (QED) is 0.547. The molecule has 0 aromatic heterocycles. The maximum absolute atomic E-state index is 12.6. The first kappa shape index (κ1) is 22.2. The standard InChI is InChI=1S/C23H25NO2S2/c1-3-17-8-10-19(11-9-17)15-27-22(25)21(12-13-24)23(26)28-16-20-7-5-6-18(4-2)14-20/h3-11,14,21H,1-2,12-13,15-16,24H2. The molecule has 146 valence electrons. The van der Waals surface area contributed by atoms with Crippen LogP contribution in [0.25, 0.3) is 12.2 Å². The normalized spacial score (nSPS) is 11.6. The van der Waals surface area contributed by atoms with Crippen molar-refractivity contribution in [1.29, 1.82) is 0 Å². The number of carbonyl (C=O) groups is 2. The van der Waals surface area contributed by atoms with Gasteiger partial charge in [-0.1, -0.05) is 97.4 Å². The molecule has 2 aromatic rings. The van der Waals surface area contributed by atoms with Crippen LogP contribution >= 0.6 is 23.5 Å². The van der Waals surface area contributed by atoms with E-state index >= 15 is 0 Å². The van der Waals surface area contributed by atoms with Gasteiger partial charge in [0.15, 0.2) is 0 Å². The van der Waals surface area contributed by atoms with Crippen LogP contribution in [-0.4, -0.2) is 16.8 Å². The van der Waals surface area contributed by atoms with Crippen LogP contribution in [0.1, 0.15) is 28.7 Å². The minimum Gasteiger partial charge on any atom is -0.330 e. The van der Waals surface area contributed by atoms with Gasteiger partial charge in [-0.3, -0.25) is 9.59 Å². The topological polar surface area (TPSA) is 60.2 Å². The van der Waals surface area contributed by atoms with Gasteiger partial charge >= 0.3 is 0 Å². The Hall–Kier alpha value is -2.08. The van der Waals surface area contributed by atoms with Crippen molar-refractivity contribution in [2.24, 2.45) is 11.7 Å². The number of hydrogen-bond acceptors (Lipinski definition) is 5. The Morgan fingerprint density at radius 2 is 1.50 bits per heavy atom. The number of rotatable bonds is 10. The number of nitrogens with two attached hydrogens (primary N) is 1. The van der Waals surface area contributed by atoms with Crippen molar-refractivity contribution in [3.8, 4) is 0 Å². The summed E-state index contributed by atoms with van der Waals surface area (Å²) in [6.07, 6.45) is 3.93. The third-order valence-electron chi connectivity index (χ3n) is 4.19.